The molecule has 1 aliphatic rings. The molecule has 2 rings (SSSR count). The summed E-state index contributed by atoms with van der Waals surface area (Å²) in [5.74, 6) is 1.44. The number of piperazine rings is 1. The molecule has 118 valence electrons. The standard InChI is InChI=1S/C15H27N5O/c1-2-21-14-6-8-17-15(18-14)20-12-10-19(11-13-20)9-5-3-4-7-16/h6,8H,2-5,7,9-13,16H2,1H3. The number of ether oxygens (including phenoxy) is 1. The maximum absolute atomic E-state index is 5.52. The lowest BCUT2D eigenvalue weighted by Crippen LogP contribution is -2.47. The summed E-state index contributed by atoms with van der Waals surface area (Å²) in [6.07, 6.45) is 5.38. The van der Waals surface area contributed by atoms with Crippen LogP contribution in [0.3, 0.4) is 0 Å². The molecule has 0 unspecified atom stereocenters. The van der Waals surface area contributed by atoms with E-state index in [0.717, 1.165) is 45.1 Å². The van der Waals surface area contributed by atoms with Crippen LogP contribution in [0.25, 0.3) is 0 Å². The molecule has 1 fully saturated rings. The summed E-state index contributed by atoms with van der Waals surface area (Å²) in [5, 5.41) is 0. The second-order valence-electron chi connectivity index (χ2n) is 5.31. The molecule has 1 aromatic rings. The van der Waals surface area contributed by atoms with Gasteiger partial charge in [0.25, 0.3) is 0 Å². The van der Waals surface area contributed by atoms with Crippen LogP contribution in [0.15, 0.2) is 12.3 Å². The molecule has 0 aromatic carbocycles. The van der Waals surface area contributed by atoms with Gasteiger partial charge in [-0.2, -0.15) is 4.98 Å². The fourth-order valence-corrected chi connectivity index (χ4v) is 2.54. The SMILES string of the molecule is CCOc1ccnc(N2CCN(CCCCCN)CC2)n1. The Labute approximate surface area is 127 Å². The first kappa shape index (κ1) is 16.0. The van der Waals surface area contributed by atoms with Crippen LogP contribution in [0, 0.1) is 0 Å². The first-order valence-corrected chi connectivity index (χ1v) is 7.96. The highest BCUT2D eigenvalue weighted by atomic mass is 16.5. The number of rotatable bonds is 8. The number of hydrogen-bond acceptors (Lipinski definition) is 6. The number of aromatic nitrogens is 2. The van der Waals surface area contributed by atoms with E-state index in [4.69, 9.17) is 10.5 Å². The molecule has 0 spiro atoms. The summed E-state index contributed by atoms with van der Waals surface area (Å²) in [7, 11) is 0. The van der Waals surface area contributed by atoms with Crippen molar-refractivity contribution in [3.63, 3.8) is 0 Å². The van der Waals surface area contributed by atoms with Gasteiger partial charge in [0, 0.05) is 38.4 Å². The van der Waals surface area contributed by atoms with E-state index in [1.54, 1.807) is 12.3 Å². The van der Waals surface area contributed by atoms with Crippen LogP contribution in [0.1, 0.15) is 26.2 Å². The first-order chi connectivity index (χ1) is 10.3. The molecule has 0 atom stereocenters. The molecular weight excluding hydrogens is 266 g/mol. The van der Waals surface area contributed by atoms with E-state index in [0.29, 0.717) is 12.5 Å². The Morgan fingerprint density at radius 3 is 2.71 bits per heavy atom. The largest absolute Gasteiger partial charge is 0.478 e. The molecule has 1 saturated heterocycles. The first-order valence-electron chi connectivity index (χ1n) is 7.96. The molecule has 0 bridgehead atoms. The van der Waals surface area contributed by atoms with Gasteiger partial charge < -0.3 is 15.4 Å². The zero-order chi connectivity index (χ0) is 14.9. The summed E-state index contributed by atoms with van der Waals surface area (Å²) in [6, 6.07) is 1.81. The van der Waals surface area contributed by atoms with Gasteiger partial charge in [0.05, 0.1) is 6.61 Å². The minimum atomic E-state index is 0.632. The van der Waals surface area contributed by atoms with Crippen LogP contribution in [0.4, 0.5) is 5.95 Å². The number of nitrogens with zero attached hydrogens (tertiary/aromatic N) is 4. The van der Waals surface area contributed by atoms with Gasteiger partial charge >= 0.3 is 0 Å². The van der Waals surface area contributed by atoms with E-state index in [1.807, 2.05) is 6.92 Å². The van der Waals surface area contributed by atoms with Crippen molar-refractivity contribution < 1.29 is 4.74 Å². The Bertz CT molecular complexity index is 407. The van der Waals surface area contributed by atoms with E-state index >= 15 is 0 Å². The van der Waals surface area contributed by atoms with Crippen molar-refractivity contribution in [1.29, 1.82) is 0 Å². The van der Waals surface area contributed by atoms with E-state index < -0.39 is 0 Å². The number of unbranched alkanes of at least 4 members (excludes halogenated alkanes) is 2. The molecule has 0 amide bonds. The van der Waals surface area contributed by atoms with Crippen LogP contribution in [0.5, 0.6) is 5.88 Å². The van der Waals surface area contributed by atoms with Crippen molar-refractivity contribution in [2.45, 2.75) is 26.2 Å². The van der Waals surface area contributed by atoms with Crippen LogP contribution < -0.4 is 15.4 Å². The maximum atomic E-state index is 5.52. The van der Waals surface area contributed by atoms with Gasteiger partial charge in [-0.25, -0.2) is 4.98 Å². The van der Waals surface area contributed by atoms with Crippen molar-refractivity contribution >= 4 is 5.95 Å². The molecule has 0 radical (unpaired) electrons. The summed E-state index contributed by atoms with van der Waals surface area (Å²) in [5.41, 5.74) is 5.52. The fourth-order valence-electron chi connectivity index (χ4n) is 2.54. The maximum Gasteiger partial charge on any atom is 0.228 e. The average Bonchev–Trinajstić information content (AvgIpc) is 2.53. The van der Waals surface area contributed by atoms with Crippen LogP contribution in [-0.2, 0) is 0 Å². The van der Waals surface area contributed by atoms with Gasteiger partial charge in [-0.15, -0.1) is 0 Å². The normalized spacial score (nSPS) is 16.2. The molecule has 2 heterocycles. The highest BCUT2D eigenvalue weighted by molar-refractivity contribution is 5.32. The van der Waals surface area contributed by atoms with Gasteiger partial charge in [0.1, 0.15) is 0 Å². The third-order valence-corrected chi connectivity index (χ3v) is 3.74. The topological polar surface area (TPSA) is 67.5 Å². The van der Waals surface area contributed by atoms with Crippen molar-refractivity contribution in [2.75, 3.05) is 50.8 Å². The molecule has 21 heavy (non-hydrogen) atoms. The van der Waals surface area contributed by atoms with Crippen LogP contribution in [0.2, 0.25) is 0 Å². The van der Waals surface area contributed by atoms with Gasteiger partial charge in [0.2, 0.25) is 11.8 Å². The van der Waals surface area contributed by atoms with Gasteiger partial charge in [0.15, 0.2) is 0 Å². The molecule has 0 saturated carbocycles. The quantitative estimate of drug-likeness (QED) is 0.725. The van der Waals surface area contributed by atoms with E-state index in [-0.39, 0.29) is 0 Å². The molecule has 6 nitrogen and oxygen atoms in total. The molecule has 6 heteroatoms. The third-order valence-electron chi connectivity index (χ3n) is 3.74. The monoisotopic (exact) mass is 293 g/mol. The Morgan fingerprint density at radius 1 is 1.19 bits per heavy atom. The molecule has 1 aromatic heterocycles. The summed E-state index contributed by atoms with van der Waals surface area (Å²) < 4.78 is 5.44. The lowest BCUT2D eigenvalue weighted by atomic mass is 10.2. The Balaban J connectivity index is 1.76. The predicted molar refractivity (Wildman–Crippen MR) is 84.8 cm³/mol. The zero-order valence-electron chi connectivity index (χ0n) is 13.0. The zero-order valence-corrected chi connectivity index (χ0v) is 13.0. The highest BCUT2D eigenvalue weighted by Gasteiger charge is 2.18. The second-order valence-corrected chi connectivity index (χ2v) is 5.31. The summed E-state index contributed by atoms with van der Waals surface area (Å²) >= 11 is 0. The number of nitrogens with two attached hydrogens (primary N) is 1. The fraction of sp³-hybridized carbons (Fsp3) is 0.733. The molecule has 1 aliphatic heterocycles. The Hall–Kier alpha value is -1.40. The summed E-state index contributed by atoms with van der Waals surface area (Å²) in [4.78, 5) is 13.6. The van der Waals surface area contributed by atoms with Gasteiger partial charge in [-0.3, -0.25) is 4.90 Å². The second kappa shape index (κ2) is 8.79. The van der Waals surface area contributed by atoms with E-state index in [2.05, 4.69) is 19.8 Å². The average molecular weight is 293 g/mol. The van der Waals surface area contributed by atoms with Crippen molar-refractivity contribution in [3.05, 3.63) is 12.3 Å². The molecule has 2 N–H and O–H groups in total. The van der Waals surface area contributed by atoms with Gasteiger partial charge in [-0.1, -0.05) is 6.42 Å². The Kier molecular flexibility index (Phi) is 6.69. The number of hydrogen-bond donors (Lipinski definition) is 1. The molecular formula is C15H27N5O. The van der Waals surface area contributed by atoms with Crippen molar-refractivity contribution in [1.82, 2.24) is 14.9 Å². The number of anilines is 1. The van der Waals surface area contributed by atoms with Crippen molar-refractivity contribution in [3.8, 4) is 5.88 Å². The minimum Gasteiger partial charge on any atom is -0.478 e. The lowest BCUT2D eigenvalue weighted by Gasteiger charge is -2.34. The van der Waals surface area contributed by atoms with E-state index in [9.17, 15) is 0 Å². The molecule has 0 aliphatic carbocycles. The van der Waals surface area contributed by atoms with Crippen LogP contribution >= 0.6 is 0 Å². The Morgan fingerprint density at radius 2 is 2.00 bits per heavy atom. The van der Waals surface area contributed by atoms with Crippen LogP contribution in [-0.4, -0.2) is 60.7 Å². The summed E-state index contributed by atoms with van der Waals surface area (Å²) in [6.45, 7) is 8.68. The lowest BCUT2D eigenvalue weighted by molar-refractivity contribution is 0.251. The van der Waals surface area contributed by atoms with Crippen molar-refractivity contribution in [2.24, 2.45) is 5.73 Å². The van der Waals surface area contributed by atoms with E-state index in [1.165, 1.54) is 19.4 Å². The minimum absolute atomic E-state index is 0.632. The van der Waals surface area contributed by atoms with Gasteiger partial charge in [-0.05, 0) is 32.9 Å². The highest BCUT2D eigenvalue weighted by Crippen LogP contribution is 2.15. The third kappa shape index (κ3) is 5.13. The smallest absolute Gasteiger partial charge is 0.228 e. The predicted octanol–water partition coefficient (Wildman–Crippen LogP) is 1.13.